The smallest absolute Gasteiger partial charge is 0.339 e. The van der Waals surface area contributed by atoms with Crippen LogP contribution in [0.3, 0.4) is 0 Å². The molecule has 0 spiro atoms. The molecule has 0 aromatic heterocycles. The molecule has 1 aliphatic carbocycles. The fourth-order valence-corrected chi connectivity index (χ4v) is 2.85. The average molecular weight is 278 g/mol. The zero-order valence-corrected chi connectivity index (χ0v) is 11.4. The van der Waals surface area contributed by atoms with Crippen LogP contribution in [0.4, 0.5) is 0 Å². The molecule has 1 fully saturated rings. The first-order chi connectivity index (χ1) is 9.63. The van der Waals surface area contributed by atoms with Crippen LogP contribution in [-0.4, -0.2) is 24.0 Å². The largest absolute Gasteiger partial charge is 0.489 e. The van der Waals surface area contributed by atoms with Crippen molar-refractivity contribution in [1.29, 1.82) is 0 Å². The van der Waals surface area contributed by atoms with E-state index < -0.39 is 5.97 Å². The molecule has 2 unspecified atom stereocenters. The van der Waals surface area contributed by atoms with Gasteiger partial charge in [0.15, 0.2) is 11.5 Å². The van der Waals surface area contributed by atoms with E-state index in [9.17, 15) is 9.90 Å². The summed E-state index contributed by atoms with van der Waals surface area (Å²) < 4.78 is 16.4. The van der Waals surface area contributed by atoms with E-state index in [-0.39, 0.29) is 18.5 Å². The highest BCUT2D eigenvalue weighted by Crippen LogP contribution is 2.39. The van der Waals surface area contributed by atoms with Gasteiger partial charge in [-0.2, -0.15) is 0 Å². The van der Waals surface area contributed by atoms with Crippen LogP contribution in [0.2, 0.25) is 0 Å². The van der Waals surface area contributed by atoms with Gasteiger partial charge in [-0.15, -0.1) is 0 Å². The summed E-state index contributed by atoms with van der Waals surface area (Å²) in [5.74, 6) is 1.000. The number of hydrogen-bond donors (Lipinski definition) is 1. The van der Waals surface area contributed by atoms with E-state index in [0.29, 0.717) is 23.2 Å². The van der Waals surface area contributed by atoms with Crippen molar-refractivity contribution < 1.29 is 24.1 Å². The zero-order valence-electron chi connectivity index (χ0n) is 11.4. The number of ether oxygens (including phenoxy) is 3. The summed E-state index contributed by atoms with van der Waals surface area (Å²) in [5.41, 5.74) is 0.132. The van der Waals surface area contributed by atoms with Crippen LogP contribution in [0, 0.1) is 5.92 Å². The predicted molar refractivity (Wildman–Crippen MR) is 71.6 cm³/mol. The molecule has 0 bridgehead atoms. The summed E-state index contributed by atoms with van der Waals surface area (Å²) in [7, 11) is 0. The van der Waals surface area contributed by atoms with Crippen LogP contribution in [0.5, 0.6) is 17.2 Å². The summed E-state index contributed by atoms with van der Waals surface area (Å²) in [6.45, 7) is 2.32. The normalized spacial score (nSPS) is 24.4. The summed E-state index contributed by atoms with van der Waals surface area (Å²) in [4.78, 5) is 11.4. The van der Waals surface area contributed by atoms with Crippen molar-refractivity contribution >= 4 is 5.97 Å². The molecule has 1 aliphatic heterocycles. The lowest BCUT2D eigenvalue weighted by molar-refractivity contribution is 0.0683. The van der Waals surface area contributed by atoms with Crippen molar-refractivity contribution in [3.05, 3.63) is 17.7 Å². The molecule has 3 rings (SSSR count). The van der Waals surface area contributed by atoms with E-state index in [1.54, 1.807) is 6.07 Å². The number of carboxylic acid groups (broad SMARTS) is 1. The molecular weight excluding hydrogens is 260 g/mol. The third-order valence-corrected chi connectivity index (χ3v) is 3.89. The van der Waals surface area contributed by atoms with Crippen molar-refractivity contribution in [2.75, 3.05) is 6.79 Å². The lowest BCUT2D eigenvalue weighted by atomic mass is 9.88. The molecule has 0 saturated heterocycles. The predicted octanol–water partition coefficient (Wildman–Crippen LogP) is 3.07. The van der Waals surface area contributed by atoms with Crippen molar-refractivity contribution in [2.45, 2.75) is 38.7 Å². The fraction of sp³-hybridized carbons (Fsp3) is 0.533. The Morgan fingerprint density at radius 3 is 2.75 bits per heavy atom. The standard InChI is InChI=1S/C15H18O5/c1-9-3-2-4-10(5-9)20-12-7-14-13(18-8-19-14)6-11(12)15(16)17/h6-7,9-10H,2-5,8H2,1H3,(H,16,17). The molecule has 0 radical (unpaired) electrons. The zero-order chi connectivity index (χ0) is 14.1. The molecule has 1 N–H and O–H groups in total. The Hall–Kier alpha value is -1.91. The highest BCUT2D eigenvalue weighted by Gasteiger charge is 2.25. The van der Waals surface area contributed by atoms with E-state index in [2.05, 4.69) is 6.92 Å². The van der Waals surface area contributed by atoms with Crippen LogP contribution in [0.15, 0.2) is 12.1 Å². The number of carbonyl (C=O) groups is 1. The third-order valence-electron chi connectivity index (χ3n) is 3.89. The molecular formula is C15H18O5. The first kappa shape index (κ1) is 13.1. The van der Waals surface area contributed by atoms with E-state index in [1.165, 1.54) is 12.5 Å². The lowest BCUT2D eigenvalue weighted by Crippen LogP contribution is -2.24. The maximum Gasteiger partial charge on any atom is 0.339 e. The maximum atomic E-state index is 11.4. The van der Waals surface area contributed by atoms with Gasteiger partial charge in [0.2, 0.25) is 6.79 Å². The number of aromatic carboxylic acids is 1. The molecule has 5 heteroatoms. The maximum absolute atomic E-state index is 11.4. The van der Waals surface area contributed by atoms with Crippen molar-refractivity contribution in [3.63, 3.8) is 0 Å². The average Bonchev–Trinajstić information content (AvgIpc) is 2.84. The minimum atomic E-state index is -1.01. The first-order valence-corrected chi connectivity index (χ1v) is 6.97. The van der Waals surface area contributed by atoms with Gasteiger partial charge >= 0.3 is 5.97 Å². The van der Waals surface area contributed by atoms with Gasteiger partial charge in [0.25, 0.3) is 0 Å². The van der Waals surface area contributed by atoms with Crippen molar-refractivity contribution in [1.82, 2.24) is 0 Å². The quantitative estimate of drug-likeness (QED) is 0.920. The van der Waals surface area contributed by atoms with Crippen LogP contribution in [-0.2, 0) is 0 Å². The molecule has 2 aliphatic rings. The van der Waals surface area contributed by atoms with Gasteiger partial charge in [0.1, 0.15) is 11.3 Å². The lowest BCUT2D eigenvalue weighted by Gasteiger charge is -2.27. The van der Waals surface area contributed by atoms with Gasteiger partial charge in [0, 0.05) is 12.1 Å². The molecule has 20 heavy (non-hydrogen) atoms. The second kappa shape index (κ2) is 5.23. The van der Waals surface area contributed by atoms with Crippen molar-refractivity contribution in [2.24, 2.45) is 5.92 Å². The number of hydrogen-bond acceptors (Lipinski definition) is 4. The Labute approximate surface area is 117 Å². The Morgan fingerprint density at radius 2 is 2.05 bits per heavy atom. The number of carboxylic acids is 1. The van der Waals surface area contributed by atoms with E-state index in [4.69, 9.17) is 14.2 Å². The topological polar surface area (TPSA) is 65.0 Å². The number of rotatable bonds is 3. The monoisotopic (exact) mass is 278 g/mol. The van der Waals surface area contributed by atoms with Gasteiger partial charge in [-0.25, -0.2) is 4.79 Å². The highest BCUT2D eigenvalue weighted by molar-refractivity contribution is 5.92. The van der Waals surface area contributed by atoms with E-state index in [1.807, 2.05) is 0 Å². The summed E-state index contributed by atoms with van der Waals surface area (Å²) in [6, 6.07) is 3.11. The SMILES string of the molecule is CC1CCCC(Oc2cc3c(cc2C(=O)O)OCO3)C1. The second-order valence-electron chi connectivity index (χ2n) is 5.52. The first-order valence-electron chi connectivity index (χ1n) is 6.97. The molecule has 1 aromatic rings. The minimum absolute atomic E-state index is 0.0808. The van der Waals surface area contributed by atoms with Gasteiger partial charge in [-0.1, -0.05) is 13.3 Å². The van der Waals surface area contributed by atoms with Crippen LogP contribution < -0.4 is 14.2 Å². The number of benzene rings is 1. The highest BCUT2D eigenvalue weighted by atomic mass is 16.7. The van der Waals surface area contributed by atoms with Crippen LogP contribution >= 0.6 is 0 Å². The van der Waals surface area contributed by atoms with Gasteiger partial charge in [-0.3, -0.25) is 0 Å². The third kappa shape index (κ3) is 2.53. The molecule has 0 amide bonds. The van der Waals surface area contributed by atoms with Crippen molar-refractivity contribution in [3.8, 4) is 17.2 Å². The fourth-order valence-electron chi connectivity index (χ4n) is 2.85. The summed E-state index contributed by atoms with van der Waals surface area (Å²) in [6.07, 6.45) is 4.36. The minimum Gasteiger partial charge on any atom is -0.489 e. The summed E-state index contributed by atoms with van der Waals surface area (Å²) >= 11 is 0. The molecule has 2 atom stereocenters. The Kier molecular flexibility index (Phi) is 3.42. The van der Waals surface area contributed by atoms with E-state index >= 15 is 0 Å². The molecule has 1 saturated carbocycles. The van der Waals surface area contributed by atoms with Crippen LogP contribution in [0.1, 0.15) is 43.0 Å². The molecule has 1 aromatic carbocycles. The van der Waals surface area contributed by atoms with Gasteiger partial charge in [0.05, 0.1) is 6.10 Å². The molecule has 1 heterocycles. The molecule has 108 valence electrons. The summed E-state index contributed by atoms with van der Waals surface area (Å²) in [5, 5.41) is 9.30. The second-order valence-corrected chi connectivity index (χ2v) is 5.52. The van der Waals surface area contributed by atoms with Crippen LogP contribution in [0.25, 0.3) is 0 Å². The Balaban J connectivity index is 1.86. The molecule has 5 nitrogen and oxygen atoms in total. The Morgan fingerprint density at radius 1 is 1.30 bits per heavy atom. The number of fused-ring (bicyclic) bond motifs is 1. The van der Waals surface area contributed by atoms with Gasteiger partial charge < -0.3 is 19.3 Å². The van der Waals surface area contributed by atoms with Gasteiger partial charge in [-0.05, 0) is 25.2 Å². The van der Waals surface area contributed by atoms with E-state index in [0.717, 1.165) is 19.3 Å². The Bertz CT molecular complexity index is 525.